The molecule has 0 spiro atoms. The average molecular weight is 375 g/mol. The summed E-state index contributed by atoms with van der Waals surface area (Å²) in [6.45, 7) is 3.36. The first-order valence-corrected chi connectivity index (χ1v) is 8.70. The van der Waals surface area contributed by atoms with Crippen LogP contribution in [0.2, 0.25) is 0 Å². The largest absolute Gasteiger partial charge is 0.354 e. The van der Waals surface area contributed by atoms with Crippen LogP contribution in [0.5, 0.6) is 0 Å². The van der Waals surface area contributed by atoms with Crippen molar-refractivity contribution in [2.24, 2.45) is 0 Å². The van der Waals surface area contributed by atoms with Gasteiger partial charge in [0.2, 0.25) is 5.91 Å². The molecule has 1 aromatic heterocycles. The molecule has 0 bridgehead atoms. The molecule has 1 amide bonds. The second-order valence-corrected chi connectivity index (χ2v) is 6.73. The number of anilines is 1. The Balaban J connectivity index is 0.00000243. The fourth-order valence-electron chi connectivity index (χ4n) is 3.55. The van der Waals surface area contributed by atoms with E-state index >= 15 is 0 Å². The maximum atomic E-state index is 12.3. The van der Waals surface area contributed by atoms with Crippen LogP contribution < -0.4 is 10.2 Å². The summed E-state index contributed by atoms with van der Waals surface area (Å²) < 4.78 is 0. The number of pyridine rings is 1. The Hall–Kier alpha value is -2.35. The third kappa shape index (κ3) is 4.63. The fraction of sp³-hybridized carbons (Fsp3) is 0.556. The normalized spacial score (nSPS) is 19.1. The zero-order chi connectivity index (χ0) is 17.7. The van der Waals surface area contributed by atoms with Crippen molar-refractivity contribution in [1.82, 2.24) is 15.2 Å². The maximum absolute atomic E-state index is 12.3. The van der Waals surface area contributed by atoms with E-state index in [0.29, 0.717) is 12.1 Å². The Morgan fingerprint density at radius 2 is 1.92 bits per heavy atom. The van der Waals surface area contributed by atoms with Crippen LogP contribution in [0.15, 0.2) is 18.3 Å². The quantitative estimate of drug-likeness (QED) is 0.856. The van der Waals surface area contributed by atoms with Crippen molar-refractivity contribution in [1.29, 1.82) is 10.5 Å². The highest BCUT2D eigenvalue weighted by Crippen LogP contribution is 2.28. The van der Waals surface area contributed by atoms with E-state index in [1.807, 2.05) is 0 Å². The number of nitrogens with zero attached hydrogens (tertiary/aromatic N) is 5. The zero-order valence-corrected chi connectivity index (χ0v) is 15.5. The van der Waals surface area contributed by atoms with Gasteiger partial charge in [-0.1, -0.05) is 0 Å². The summed E-state index contributed by atoms with van der Waals surface area (Å²) in [6, 6.07) is 7.90. The van der Waals surface area contributed by atoms with E-state index in [9.17, 15) is 10.1 Å². The highest BCUT2D eigenvalue weighted by Gasteiger charge is 2.35. The molecule has 1 saturated heterocycles. The highest BCUT2D eigenvalue weighted by molar-refractivity contribution is 5.85. The molecule has 2 fully saturated rings. The molecule has 1 N–H and O–H groups in total. The van der Waals surface area contributed by atoms with Gasteiger partial charge in [-0.05, 0) is 37.8 Å². The number of nitrogens with one attached hydrogen (secondary N) is 1. The van der Waals surface area contributed by atoms with Crippen molar-refractivity contribution in [3.63, 3.8) is 0 Å². The van der Waals surface area contributed by atoms with Gasteiger partial charge < -0.3 is 10.2 Å². The molecule has 1 aliphatic carbocycles. The molecule has 2 heterocycles. The predicted octanol–water partition coefficient (Wildman–Crippen LogP) is 1.45. The van der Waals surface area contributed by atoms with Crippen LogP contribution in [0.3, 0.4) is 0 Å². The number of aromatic nitrogens is 1. The molecular formula is C18H23ClN6O. The minimum absolute atomic E-state index is 0. The lowest BCUT2D eigenvalue weighted by molar-refractivity contribution is -0.123. The van der Waals surface area contributed by atoms with E-state index in [1.54, 1.807) is 18.3 Å². The van der Waals surface area contributed by atoms with Crippen LogP contribution in [0, 0.1) is 22.7 Å². The van der Waals surface area contributed by atoms with Crippen LogP contribution in [0.25, 0.3) is 0 Å². The Kier molecular flexibility index (Phi) is 6.79. The Morgan fingerprint density at radius 1 is 1.23 bits per heavy atom. The van der Waals surface area contributed by atoms with Crippen LogP contribution in [0.4, 0.5) is 5.82 Å². The second-order valence-electron chi connectivity index (χ2n) is 6.73. The third-order valence-corrected chi connectivity index (χ3v) is 4.99. The average Bonchev–Trinajstić information content (AvgIpc) is 3.11. The molecule has 8 heteroatoms. The molecule has 26 heavy (non-hydrogen) atoms. The van der Waals surface area contributed by atoms with Gasteiger partial charge in [-0.25, -0.2) is 4.98 Å². The number of nitriles is 2. The Labute approximate surface area is 160 Å². The standard InChI is InChI=1S/C18H22N6O.ClH/c19-12-15-3-6-21-16(11-15)24-9-7-23(8-10-24)13-17(25)22-18(14-20)4-1-2-5-18;/h3,6,11H,1-2,4-5,7-10,13H2,(H,22,25);1H. The predicted molar refractivity (Wildman–Crippen MR) is 99.8 cm³/mol. The van der Waals surface area contributed by atoms with Crippen molar-refractivity contribution in [2.75, 3.05) is 37.6 Å². The molecule has 3 rings (SSSR count). The van der Waals surface area contributed by atoms with Crippen LogP contribution in [0.1, 0.15) is 31.2 Å². The minimum atomic E-state index is -0.652. The van der Waals surface area contributed by atoms with E-state index in [0.717, 1.165) is 57.7 Å². The topological polar surface area (TPSA) is 96.1 Å². The molecule has 0 radical (unpaired) electrons. The summed E-state index contributed by atoms with van der Waals surface area (Å²) in [6.07, 6.45) is 5.16. The van der Waals surface area contributed by atoms with Gasteiger partial charge in [0, 0.05) is 32.4 Å². The first-order valence-electron chi connectivity index (χ1n) is 8.70. The number of halogens is 1. The second kappa shape index (κ2) is 8.84. The summed E-state index contributed by atoms with van der Waals surface area (Å²) in [5, 5.41) is 21.3. The summed E-state index contributed by atoms with van der Waals surface area (Å²) in [7, 11) is 0. The van der Waals surface area contributed by atoms with E-state index in [1.165, 1.54) is 0 Å². The minimum Gasteiger partial charge on any atom is -0.354 e. The summed E-state index contributed by atoms with van der Waals surface area (Å²) in [5.41, 5.74) is -0.0502. The van der Waals surface area contributed by atoms with Gasteiger partial charge >= 0.3 is 0 Å². The number of amides is 1. The molecular weight excluding hydrogens is 352 g/mol. The first-order chi connectivity index (χ1) is 12.1. The lowest BCUT2D eigenvalue weighted by atomic mass is 10.00. The number of rotatable bonds is 4. The number of piperazine rings is 1. The van der Waals surface area contributed by atoms with Crippen molar-refractivity contribution in [2.45, 2.75) is 31.2 Å². The van der Waals surface area contributed by atoms with Crippen LogP contribution >= 0.6 is 12.4 Å². The number of hydrogen-bond acceptors (Lipinski definition) is 6. The monoisotopic (exact) mass is 374 g/mol. The van der Waals surface area contributed by atoms with Gasteiger partial charge in [-0.15, -0.1) is 12.4 Å². The van der Waals surface area contributed by atoms with E-state index in [-0.39, 0.29) is 18.3 Å². The first kappa shape index (κ1) is 20.0. The SMILES string of the molecule is Cl.N#Cc1ccnc(N2CCN(CC(=O)NC3(C#N)CCCC3)CC2)c1. The molecule has 1 aromatic rings. The van der Waals surface area contributed by atoms with Gasteiger partial charge in [0.25, 0.3) is 0 Å². The van der Waals surface area contributed by atoms with Crippen molar-refractivity contribution in [3.8, 4) is 12.1 Å². The van der Waals surface area contributed by atoms with Gasteiger partial charge in [-0.3, -0.25) is 9.69 Å². The molecule has 138 valence electrons. The fourth-order valence-corrected chi connectivity index (χ4v) is 3.55. The third-order valence-electron chi connectivity index (χ3n) is 4.99. The number of hydrogen-bond donors (Lipinski definition) is 1. The lowest BCUT2D eigenvalue weighted by Gasteiger charge is -2.35. The Bertz CT molecular complexity index is 711. The van der Waals surface area contributed by atoms with Crippen molar-refractivity contribution < 1.29 is 4.79 Å². The smallest absolute Gasteiger partial charge is 0.235 e. The molecule has 1 saturated carbocycles. The summed E-state index contributed by atoms with van der Waals surface area (Å²) in [5.74, 6) is 0.735. The van der Waals surface area contributed by atoms with E-state index in [4.69, 9.17) is 5.26 Å². The van der Waals surface area contributed by atoms with Crippen molar-refractivity contribution in [3.05, 3.63) is 23.9 Å². The molecule has 0 atom stereocenters. The molecule has 1 aliphatic heterocycles. The highest BCUT2D eigenvalue weighted by atomic mass is 35.5. The van der Waals surface area contributed by atoms with Crippen LogP contribution in [-0.4, -0.2) is 54.1 Å². The van der Waals surface area contributed by atoms with Crippen molar-refractivity contribution >= 4 is 24.1 Å². The molecule has 7 nitrogen and oxygen atoms in total. The molecule has 2 aliphatic rings. The number of carbonyl (C=O) groups is 1. The van der Waals surface area contributed by atoms with Crippen LogP contribution in [-0.2, 0) is 4.79 Å². The van der Waals surface area contributed by atoms with Gasteiger partial charge in [0.1, 0.15) is 11.4 Å². The molecule has 0 aromatic carbocycles. The van der Waals surface area contributed by atoms with E-state index < -0.39 is 5.54 Å². The van der Waals surface area contributed by atoms with E-state index in [2.05, 4.69) is 32.2 Å². The van der Waals surface area contributed by atoms with Gasteiger partial charge in [-0.2, -0.15) is 10.5 Å². The Morgan fingerprint density at radius 3 is 2.54 bits per heavy atom. The molecule has 0 unspecified atom stereocenters. The maximum Gasteiger partial charge on any atom is 0.235 e. The summed E-state index contributed by atoms with van der Waals surface area (Å²) >= 11 is 0. The van der Waals surface area contributed by atoms with Gasteiger partial charge in [0.05, 0.1) is 24.2 Å². The number of carbonyl (C=O) groups excluding carboxylic acids is 1. The summed E-state index contributed by atoms with van der Waals surface area (Å²) in [4.78, 5) is 20.9. The lowest BCUT2D eigenvalue weighted by Crippen LogP contribution is -2.53. The van der Waals surface area contributed by atoms with Gasteiger partial charge in [0.15, 0.2) is 0 Å². The zero-order valence-electron chi connectivity index (χ0n) is 14.6.